The topological polar surface area (TPSA) is 97.3 Å². The maximum absolute atomic E-state index is 12.0. The van der Waals surface area contributed by atoms with Crippen LogP contribution < -0.4 is 10.5 Å². The first-order chi connectivity index (χ1) is 11.3. The number of sulfonamides is 1. The molecule has 2 aromatic rings. The number of methoxy groups -OCH3 is 1. The van der Waals surface area contributed by atoms with Crippen LogP contribution in [-0.2, 0) is 10.0 Å². The lowest BCUT2D eigenvalue weighted by atomic mass is 10.1. The molecule has 0 radical (unpaired) electrons. The van der Waals surface area contributed by atoms with E-state index in [4.69, 9.17) is 10.5 Å². The Hall–Kier alpha value is -2.45. The summed E-state index contributed by atoms with van der Waals surface area (Å²) >= 11 is 0. The third-order valence-corrected chi connectivity index (χ3v) is 5.27. The van der Waals surface area contributed by atoms with Crippen molar-refractivity contribution in [2.45, 2.75) is 11.8 Å². The highest BCUT2D eigenvalue weighted by atomic mass is 32.2. The van der Waals surface area contributed by atoms with E-state index in [1.54, 1.807) is 24.3 Å². The molecule has 0 aliphatic carbocycles. The number of hydrogen-bond donors (Lipinski definition) is 1. The minimum Gasteiger partial charge on any atom is -0.495 e. The molecule has 0 aromatic heterocycles. The van der Waals surface area contributed by atoms with Crippen molar-refractivity contribution in [2.75, 3.05) is 26.9 Å². The Morgan fingerprint density at radius 3 is 2.25 bits per heavy atom. The van der Waals surface area contributed by atoms with E-state index in [-0.39, 0.29) is 4.90 Å². The van der Waals surface area contributed by atoms with E-state index < -0.39 is 10.0 Å². The molecule has 0 saturated carbocycles. The summed E-state index contributed by atoms with van der Waals surface area (Å²) in [7, 11) is 1.06. The maximum Gasteiger partial charge on any atom is 0.242 e. The molecular formula is C16H20N4O3S. The van der Waals surface area contributed by atoms with Crippen LogP contribution in [0.4, 0.5) is 17.1 Å². The Kier molecular flexibility index (Phi) is 5.20. The van der Waals surface area contributed by atoms with Crippen molar-refractivity contribution < 1.29 is 13.2 Å². The Morgan fingerprint density at radius 1 is 1.08 bits per heavy atom. The lowest BCUT2D eigenvalue weighted by Crippen LogP contribution is -2.21. The first-order valence-corrected chi connectivity index (χ1v) is 8.58. The average molecular weight is 348 g/mol. The van der Waals surface area contributed by atoms with Crippen LogP contribution in [-0.4, -0.2) is 33.9 Å². The van der Waals surface area contributed by atoms with Gasteiger partial charge in [0.15, 0.2) is 0 Å². The van der Waals surface area contributed by atoms with Crippen molar-refractivity contribution >= 4 is 27.1 Å². The number of rotatable bonds is 5. The number of anilines is 1. The molecule has 0 bridgehead atoms. The zero-order valence-corrected chi connectivity index (χ0v) is 14.8. The highest BCUT2D eigenvalue weighted by molar-refractivity contribution is 7.89. The summed E-state index contributed by atoms with van der Waals surface area (Å²) < 4.78 is 30.4. The molecule has 0 aliphatic heterocycles. The number of hydrogen-bond acceptors (Lipinski definition) is 6. The summed E-state index contributed by atoms with van der Waals surface area (Å²) in [4.78, 5) is 0.205. The summed E-state index contributed by atoms with van der Waals surface area (Å²) in [5, 5.41) is 8.31. The highest BCUT2D eigenvalue weighted by Gasteiger charge is 2.16. The van der Waals surface area contributed by atoms with Crippen LogP contribution in [0.1, 0.15) is 5.56 Å². The summed E-state index contributed by atoms with van der Waals surface area (Å²) in [6.07, 6.45) is 0. The molecule has 0 fully saturated rings. The lowest BCUT2D eigenvalue weighted by molar-refractivity contribution is 0.417. The molecule has 2 rings (SSSR count). The number of aryl methyl sites for hydroxylation is 1. The SMILES string of the molecule is COc1cc(N=Nc2ccc(S(=O)(=O)N(C)C)cc2)c(C)cc1N. The molecule has 128 valence electrons. The van der Waals surface area contributed by atoms with E-state index in [1.807, 2.05) is 6.92 Å². The summed E-state index contributed by atoms with van der Waals surface area (Å²) in [6, 6.07) is 9.67. The molecule has 0 heterocycles. The predicted octanol–water partition coefficient (Wildman–Crippen LogP) is 3.25. The fourth-order valence-electron chi connectivity index (χ4n) is 1.99. The first-order valence-electron chi connectivity index (χ1n) is 7.14. The van der Waals surface area contributed by atoms with Gasteiger partial charge in [-0.05, 0) is 42.8 Å². The molecular weight excluding hydrogens is 328 g/mol. The molecule has 7 nitrogen and oxygen atoms in total. The normalized spacial score (nSPS) is 12.0. The van der Waals surface area contributed by atoms with Crippen LogP contribution in [0.25, 0.3) is 0 Å². The van der Waals surface area contributed by atoms with Crippen LogP contribution in [0.2, 0.25) is 0 Å². The molecule has 0 amide bonds. The summed E-state index contributed by atoms with van der Waals surface area (Å²) in [5.74, 6) is 0.530. The van der Waals surface area contributed by atoms with Gasteiger partial charge in [-0.2, -0.15) is 10.2 Å². The smallest absolute Gasteiger partial charge is 0.242 e. The van der Waals surface area contributed by atoms with Crippen molar-refractivity contribution in [1.29, 1.82) is 0 Å². The highest BCUT2D eigenvalue weighted by Crippen LogP contribution is 2.31. The molecule has 0 atom stereocenters. The van der Waals surface area contributed by atoms with Crippen molar-refractivity contribution in [3.05, 3.63) is 42.0 Å². The molecule has 2 N–H and O–H groups in total. The average Bonchev–Trinajstić information content (AvgIpc) is 2.54. The van der Waals surface area contributed by atoms with Gasteiger partial charge in [0, 0.05) is 20.2 Å². The van der Waals surface area contributed by atoms with E-state index >= 15 is 0 Å². The maximum atomic E-state index is 12.0. The number of nitrogens with zero attached hydrogens (tertiary/aromatic N) is 3. The van der Waals surface area contributed by atoms with Gasteiger partial charge in [-0.25, -0.2) is 12.7 Å². The quantitative estimate of drug-likeness (QED) is 0.662. The minimum atomic E-state index is -3.45. The molecule has 2 aromatic carbocycles. The van der Waals surface area contributed by atoms with E-state index in [1.165, 1.54) is 33.3 Å². The zero-order chi connectivity index (χ0) is 17.9. The van der Waals surface area contributed by atoms with Crippen LogP contribution >= 0.6 is 0 Å². The predicted molar refractivity (Wildman–Crippen MR) is 93.6 cm³/mol. The van der Waals surface area contributed by atoms with Gasteiger partial charge in [0.2, 0.25) is 10.0 Å². The number of azo groups is 1. The number of benzene rings is 2. The Labute approximate surface area is 141 Å². The standard InChI is InChI=1S/C16H20N4O3S/c1-11-9-14(17)16(23-4)10-15(11)19-18-12-5-7-13(8-6-12)24(21,22)20(2)3/h5-10H,17H2,1-4H3. The van der Waals surface area contributed by atoms with Crippen molar-refractivity contribution in [1.82, 2.24) is 4.31 Å². The van der Waals surface area contributed by atoms with Crippen LogP contribution in [0, 0.1) is 6.92 Å². The van der Waals surface area contributed by atoms with Gasteiger partial charge >= 0.3 is 0 Å². The van der Waals surface area contributed by atoms with Gasteiger partial charge in [0.05, 0.1) is 29.1 Å². The lowest BCUT2D eigenvalue weighted by Gasteiger charge is -2.10. The van der Waals surface area contributed by atoms with Crippen molar-refractivity contribution in [3.63, 3.8) is 0 Å². The zero-order valence-electron chi connectivity index (χ0n) is 14.0. The van der Waals surface area contributed by atoms with Crippen molar-refractivity contribution in [3.8, 4) is 5.75 Å². The van der Waals surface area contributed by atoms with E-state index in [0.717, 1.165) is 9.87 Å². The molecule has 24 heavy (non-hydrogen) atoms. The molecule has 0 saturated heterocycles. The monoisotopic (exact) mass is 348 g/mol. The molecule has 0 spiro atoms. The Bertz CT molecular complexity index is 860. The van der Waals surface area contributed by atoms with Gasteiger partial charge in [-0.15, -0.1) is 0 Å². The van der Waals surface area contributed by atoms with Gasteiger partial charge in [-0.1, -0.05) is 0 Å². The number of ether oxygens (including phenoxy) is 1. The van der Waals surface area contributed by atoms with Crippen LogP contribution in [0.3, 0.4) is 0 Å². The van der Waals surface area contributed by atoms with E-state index in [0.29, 0.717) is 22.8 Å². The third kappa shape index (κ3) is 3.72. The molecule has 0 aliphatic rings. The Balaban J connectivity index is 2.28. The third-order valence-electron chi connectivity index (χ3n) is 3.44. The number of nitrogens with two attached hydrogens (primary N) is 1. The van der Waals surface area contributed by atoms with Crippen LogP contribution in [0.15, 0.2) is 51.5 Å². The van der Waals surface area contributed by atoms with Crippen molar-refractivity contribution in [2.24, 2.45) is 10.2 Å². The fraction of sp³-hybridized carbons (Fsp3) is 0.250. The fourth-order valence-corrected chi connectivity index (χ4v) is 2.89. The van der Waals surface area contributed by atoms with Gasteiger partial charge in [0.1, 0.15) is 5.75 Å². The summed E-state index contributed by atoms with van der Waals surface area (Å²) in [6.45, 7) is 1.87. The van der Waals surface area contributed by atoms with Crippen LogP contribution in [0.5, 0.6) is 5.75 Å². The first kappa shape index (κ1) is 17.9. The second kappa shape index (κ2) is 6.98. The van der Waals surface area contributed by atoms with Gasteiger partial charge in [0.25, 0.3) is 0 Å². The summed E-state index contributed by atoms with van der Waals surface area (Å²) in [5.41, 5.74) is 8.41. The van der Waals surface area contributed by atoms with E-state index in [9.17, 15) is 8.42 Å². The Morgan fingerprint density at radius 2 is 1.71 bits per heavy atom. The van der Waals surface area contributed by atoms with Gasteiger partial charge in [-0.3, -0.25) is 0 Å². The molecule has 8 heteroatoms. The largest absolute Gasteiger partial charge is 0.495 e. The second-order valence-electron chi connectivity index (χ2n) is 5.36. The second-order valence-corrected chi connectivity index (χ2v) is 7.51. The molecule has 0 unspecified atom stereocenters. The van der Waals surface area contributed by atoms with E-state index in [2.05, 4.69) is 10.2 Å². The number of nitrogen functional groups attached to an aromatic ring is 1. The minimum absolute atomic E-state index is 0.205. The van der Waals surface area contributed by atoms with Gasteiger partial charge < -0.3 is 10.5 Å².